The van der Waals surface area contributed by atoms with Crippen molar-refractivity contribution >= 4 is 23.1 Å². The summed E-state index contributed by atoms with van der Waals surface area (Å²) in [6.07, 6.45) is 2.03. The van der Waals surface area contributed by atoms with E-state index in [0.717, 1.165) is 24.4 Å². The number of hydrogen-bond donors (Lipinski definition) is 1. The molecule has 0 aliphatic rings. The lowest BCUT2D eigenvalue weighted by Gasteiger charge is -2.13. The summed E-state index contributed by atoms with van der Waals surface area (Å²) in [5.41, 5.74) is 1.44. The molecule has 0 atom stereocenters. The average Bonchev–Trinajstić information content (AvgIpc) is 2.45. The zero-order valence-corrected chi connectivity index (χ0v) is 13.3. The van der Waals surface area contributed by atoms with Gasteiger partial charge in [0.2, 0.25) is 5.91 Å². The highest BCUT2D eigenvalue weighted by Gasteiger charge is 2.07. The number of anilines is 1. The number of benzene rings is 1. The predicted octanol–water partition coefficient (Wildman–Crippen LogP) is 3.05. The van der Waals surface area contributed by atoms with E-state index in [1.807, 2.05) is 50.2 Å². The number of aliphatic imine (C=N–C) groups is 1. The van der Waals surface area contributed by atoms with E-state index >= 15 is 0 Å². The maximum Gasteiger partial charge on any atom is 0.250 e. The molecule has 0 aliphatic heterocycles. The minimum atomic E-state index is -0.156. The fraction of sp³-hybridized carbons (Fsp3) is 0.500. The molecule has 0 heterocycles. The molecule has 0 unspecified atom stereocenters. The standard InChI is InChI=1S/C16H25N3O2/c1-5-6-11-21-12-16(20)18-15-10-8-7-9-14(15)17-13(2)19(3)4/h7-10H,5-6,11-12H2,1-4H3,(H,18,20)/b17-13+. The summed E-state index contributed by atoms with van der Waals surface area (Å²) in [5, 5.41) is 2.84. The molecule has 0 aromatic heterocycles. The topological polar surface area (TPSA) is 53.9 Å². The monoisotopic (exact) mass is 291 g/mol. The number of hydrogen-bond acceptors (Lipinski definition) is 3. The number of nitrogens with zero attached hydrogens (tertiary/aromatic N) is 2. The van der Waals surface area contributed by atoms with Crippen LogP contribution < -0.4 is 5.32 Å². The molecule has 0 saturated heterocycles. The van der Waals surface area contributed by atoms with E-state index in [1.54, 1.807) is 0 Å². The fourth-order valence-corrected chi connectivity index (χ4v) is 1.55. The van der Waals surface area contributed by atoms with Gasteiger partial charge in [-0.1, -0.05) is 25.5 Å². The second-order valence-corrected chi connectivity index (χ2v) is 5.02. The average molecular weight is 291 g/mol. The van der Waals surface area contributed by atoms with Crippen LogP contribution in [0.5, 0.6) is 0 Å². The van der Waals surface area contributed by atoms with E-state index in [2.05, 4.69) is 17.2 Å². The molecular formula is C16H25N3O2. The van der Waals surface area contributed by atoms with Crippen molar-refractivity contribution < 1.29 is 9.53 Å². The SMILES string of the molecule is CCCCOCC(=O)Nc1ccccc1/N=C(\C)N(C)C. The van der Waals surface area contributed by atoms with E-state index in [1.165, 1.54) is 0 Å². The van der Waals surface area contributed by atoms with Gasteiger partial charge in [-0.25, -0.2) is 4.99 Å². The van der Waals surface area contributed by atoms with Gasteiger partial charge in [0, 0.05) is 20.7 Å². The summed E-state index contributed by atoms with van der Waals surface area (Å²) in [6.45, 7) is 4.70. The normalized spacial score (nSPS) is 11.3. The Morgan fingerprint density at radius 2 is 2.05 bits per heavy atom. The predicted molar refractivity (Wildman–Crippen MR) is 87.3 cm³/mol. The fourth-order valence-electron chi connectivity index (χ4n) is 1.55. The van der Waals surface area contributed by atoms with Crippen LogP contribution in [0, 0.1) is 0 Å². The largest absolute Gasteiger partial charge is 0.372 e. The molecular weight excluding hydrogens is 266 g/mol. The Balaban J connectivity index is 2.67. The van der Waals surface area contributed by atoms with Gasteiger partial charge in [0.1, 0.15) is 12.4 Å². The minimum Gasteiger partial charge on any atom is -0.372 e. The summed E-state index contributed by atoms with van der Waals surface area (Å²) in [7, 11) is 3.86. The molecule has 21 heavy (non-hydrogen) atoms. The first-order valence-corrected chi connectivity index (χ1v) is 7.23. The molecule has 1 amide bonds. The molecule has 0 saturated carbocycles. The minimum absolute atomic E-state index is 0.0741. The second-order valence-electron chi connectivity index (χ2n) is 5.02. The summed E-state index contributed by atoms with van der Waals surface area (Å²) >= 11 is 0. The molecule has 1 rings (SSSR count). The van der Waals surface area contributed by atoms with Crippen LogP contribution in [0.2, 0.25) is 0 Å². The number of amides is 1. The number of amidine groups is 1. The highest BCUT2D eigenvalue weighted by Crippen LogP contribution is 2.24. The summed E-state index contributed by atoms with van der Waals surface area (Å²) in [5.74, 6) is 0.715. The van der Waals surface area contributed by atoms with Crippen molar-refractivity contribution in [3.05, 3.63) is 24.3 Å². The van der Waals surface area contributed by atoms with Gasteiger partial charge in [0.15, 0.2) is 0 Å². The number of para-hydroxylation sites is 2. The van der Waals surface area contributed by atoms with Gasteiger partial charge < -0.3 is 15.0 Å². The lowest BCUT2D eigenvalue weighted by molar-refractivity contribution is -0.120. The van der Waals surface area contributed by atoms with Gasteiger partial charge in [-0.05, 0) is 25.5 Å². The maximum absolute atomic E-state index is 11.9. The van der Waals surface area contributed by atoms with E-state index in [0.29, 0.717) is 12.3 Å². The Morgan fingerprint density at radius 1 is 1.33 bits per heavy atom. The zero-order valence-electron chi connectivity index (χ0n) is 13.3. The molecule has 0 radical (unpaired) electrons. The summed E-state index contributed by atoms with van der Waals surface area (Å²) in [4.78, 5) is 18.3. The number of nitrogens with one attached hydrogen (secondary N) is 1. The quantitative estimate of drug-likeness (QED) is 0.477. The van der Waals surface area contributed by atoms with Gasteiger partial charge in [-0.3, -0.25) is 4.79 Å². The van der Waals surface area contributed by atoms with Gasteiger partial charge in [-0.2, -0.15) is 0 Å². The van der Waals surface area contributed by atoms with Crippen LogP contribution in [0.25, 0.3) is 0 Å². The zero-order chi connectivity index (χ0) is 15.7. The lowest BCUT2D eigenvalue weighted by atomic mass is 10.2. The molecule has 1 N–H and O–H groups in total. The van der Waals surface area contributed by atoms with Crippen LogP contribution in [-0.4, -0.2) is 44.0 Å². The first-order chi connectivity index (χ1) is 10.0. The van der Waals surface area contributed by atoms with Crippen molar-refractivity contribution in [2.75, 3.05) is 32.6 Å². The molecule has 1 aromatic rings. The first kappa shape index (κ1) is 17.2. The van der Waals surface area contributed by atoms with Gasteiger partial charge in [-0.15, -0.1) is 0 Å². The molecule has 5 nitrogen and oxygen atoms in total. The van der Waals surface area contributed by atoms with Crippen molar-refractivity contribution in [2.24, 2.45) is 4.99 Å². The van der Waals surface area contributed by atoms with Crippen LogP contribution in [-0.2, 0) is 9.53 Å². The molecule has 0 aliphatic carbocycles. The van der Waals surface area contributed by atoms with Crippen LogP contribution in [0.1, 0.15) is 26.7 Å². The smallest absolute Gasteiger partial charge is 0.250 e. The van der Waals surface area contributed by atoms with Gasteiger partial charge >= 0.3 is 0 Å². The molecule has 0 fully saturated rings. The summed E-state index contributed by atoms with van der Waals surface area (Å²) in [6, 6.07) is 7.49. The highest BCUT2D eigenvalue weighted by atomic mass is 16.5. The molecule has 0 bridgehead atoms. The number of ether oxygens (including phenoxy) is 1. The van der Waals surface area contributed by atoms with Crippen molar-refractivity contribution in [2.45, 2.75) is 26.7 Å². The second kappa shape index (κ2) is 9.13. The third kappa shape index (κ3) is 6.40. The third-order valence-electron chi connectivity index (χ3n) is 2.98. The van der Waals surface area contributed by atoms with E-state index < -0.39 is 0 Å². The number of carbonyl (C=O) groups is 1. The first-order valence-electron chi connectivity index (χ1n) is 7.23. The van der Waals surface area contributed by atoms with E-state index in [9.17, 15) is 4.79 Å². The Bertz CT molecular complexity index is 484. The van der Waals surface area contributed by atoms with Crippen molar-refractivity contribution in [3.63, 3.8) is 0 Å². The Morgan fingerprint density at radius 3 is 2.71 bits per heavy atom. The van der Waals surface area contributed by atoms with E-state index in [4.69, 9.17) is 4.74 Å². The van der Waals surface area contributed by atoms with Crippen molar-refractivity contribution in [3.8, 4) is 0 Å². The van der Waals surface area contributed by atoms with Crippen LogP contribution in [0.4, 0.5) is 11.4 Å². The van der Waals surface area contributed by atoms with Crippen molar-refractivity contribution in [1.29, 1.82) is 0 Å². The molecule has 0 spiro atoms. The van der Waals surface area contributed by atoms with Crippen molar-refractivity contribution in [1.82, 2.24) is 4.90 Å². The Kier molecular flexibility index (Phi) is 7.46. The molecule has 116 valence electrons. The van der Waals surface area contributed by atoms with E-state index in [-0.39, 0.29) is 12.5 Å². The maximum atomic E-state index is 11.9. The number of carbonyl (C=O) groups excluding carboxylic acids is 1. The number of rotatable bonds is 7. The van der Waals surface area contributed by atoms with Gasteiger partial charge in [0.05, 0.1) is 11.4 Å². The lowest BCUT2D eigenvalue weighted by Crippen LogP contribution is -2.19. The molecule has 5 heteroatoms. The van der Waals surface area contributed by atoms with Gasteiger partial charge in [0.25, 0.3) is 0 Å². The third-order valence-corrected chi connectivity index (χ3v) is 2.98. The van der Waals surface area contributed by atoms with Crippen LogP contribution in [0.15, 0.2) is 29.3 Å². The van der Waals surface area contributed by atoms with Crippen LogP contribution in [0.3, 0.4) is 0 Å². The number of unbranched alkanes of at least 4 members (excludes halogenated alkanes) is 1. The Hall–Kier alpha value is -1.88. The molecule has 1 aromatic carbocycles. The Labute approximate surface area is 127 Å². The highest BCUT2D eigenvalue weighted by molar-refractivity contribution is 5.95. The van der Waals surface area contributed by atoms with Crippen LogP contribution >= 0.6 is 0 Å². The summed E-state index contributed by atoms with van der Waals surface area (Å²) < 4.78 is 5.31.